The van der Waals surface area contributed by atoms with Crippen LogP contribution in [0.25, 0.3) is 0 Å². The Hall–Kier alpha value is -1.38. The molecule has 94 valence electrons. The lowest BCUT2D eigenvalue weighted by molar-refractivity contribution is -0.120. The van der Waals surface area contributed by atoms with Crippen LogP contribution >= 0.6 is 15.9 Å². The molecule has 0 spiro atoms. The summed E-state index contributed by atoms with van der Waals surface area (Å²) in [7, 11) is 0. The van der Waals surface area contributed by atoms with Gasteiger partial charge in [-0.15, -0.1) is 0 Å². The number of rotatable bonds is 2. The number of carbonyl (C=O) groups excluding carboxylic acids is 1. The molecule has 1 aliphatic rings. The standard InChI is InChI=1S/C13H14BrN3O/c14-11-3-4-12(10(6-11)7-15)17-13(18)9-2-1-5-16-8-9/h3-4,6,9,16H,1-2,5,8H2,(H,17,18)/t9-/m1/s1. The molecule has 1 atom stereocenters. The lowest BCUT2D eigenvalue weighted by Crippen LogP contribution is -2.37. The Balaban J connectivity index is 2.09. The predicted octanol–water partition coefficient (Wildman–Crippen LogP) is 2.26. The lowest BCUT2D eigenvalue weighted by atomic mass is 9.98. The summed E-state index contributed by atoms with van der Waals surface area (Å²) in [4.78, 5) is 12.0. The second-order valence-electron chi connectivity index (χ2n) is 4.33. The van der Waals surface area contributed by atoms with Crippen LogP contribution in [-0.4, -0.2) is 19.0 Å². The minimum atomic E-state index is -0.0129. The number of anilines is 1. The first kappa shape index (κ1) is 13.1. The Bertz CT molecular complexity index is 489. The summed E-state index contributed by atoms with van der Waals surface area (Å²) in [5.74, 6) is -0.0186. The van der Waals surface area contributed by atoms with Gasteiger partial charge in [0.2, 0.25) is 5.91 Å². The summed E-state index contributed by atoms with van der Waals surface area (Å²) in [5, 5.41) is 15.1. The maximum Gasteiger partial charge on any atom is 0.228 e. The zero-order valence-electron chi connectivity index (χ0n) is 9.87. The molecule has 18 heavy (non-hydrogen) atoms. The van der Waals surface area contributed by atoms with E-state index in [1.165, 1.54) is 0 Å². The van der Waals surface area contributed by atoms with Gasteiger partial charge in [-0.25, -0.2) is 0 Å². The van der Waals surface area contributed by atoms with Gasteiger partial charge < -0.3 is 10.6 Å². The maximum absolute atomic E-state index is 12.0. The fourth-order valence-corrected chi connectivity index (χ4v) is 2.39. The fraction of sp³-hybridized carbons (Fsp3) is 0.385. The smallest absolute Gasteiger partial charge is 0.228 e. The van der Waals surface area contributed by atoms with E-state index in [4.69, 9.17) is 5.26 Å². The molecule has 5 heteroatoms. The van der Waals surface area contributed by atoms with E-state index in [0.29, 0.717) is 17.8 Å². The first-order valence-corrected chi connectivity index (χ1v) is 6.71. The van der Waals surface area contributed by atoms with Crippen molar-refractivity contribution in [3.63, 3.8) is 0 Å². The van der Waals surface area contributed by atoms with Crippen molar-refractivity contribution >= 4 is 27.5 Å². The highest BCUT2D eigenvalue weighted by atomic mass is 79.9. The highest BCUT2D eigenvalue weighted by Crippen LogP contribution is 2.21. The largest absolute Gasteiger partial charge is 0.325 e. The number of hydrogen-bond acceptors (Lipinski definition) is 3. The van der Waals surface area contributed by atoms with Gasteiger partial charge in [0.25, 0.3) is 0 Å². The summed E-state index contributed by atoms with van der Waals surface area (Å²) in [6.07, 6.45) is 1.92. The molecule has 1 aromatic rings. The summed E-state index contributed by atoms with van der Waals surface area (Å²) in [6.45, 7) is 1.69. The van der Waals surface area contributed by atoms with Gasteiger partial charge in [0, 0.05) is 11.0 Å². The Morgan fingerprint density at radius 1 is 1.56 bits per heavy atom. The van der Waals surface area contributed by atoms with Gasteiger partial charge in [-0.1, -0.05) is 15.9 Å². The molecule has 2 rings (SSSR count). The number of nitrogens with zero attached hydrogens (tertiary/aromatic N) is 1. The molecule has 0 saturated carbocycles. The van der Waals surface area contributed by atoms with Gasteiger partial charge in [0.15, 0.2) is 0 Å². The van der Waals surface area contributed by atoms with Crippen molar-refractivity contribution in [1.82, 2.24) is 5.32 Å². The molecule has 0 aliphatic carbocycles. The molecule has 1 amide bonds. The van der Waals surface area contributed by atoms with Crippen molar-refractivity contribution in [2.24, 2.45) is 5.92 Å². The number of hydrogen-bond donors (Lipinski definition) is 2. The first-order valence-electron chi connectivity index (χ1n) is 5.92. The van der Waals surface area contributed by atoms with E-state index in [9.17, 15) is 4.79 Å². The third-order valence-electron chi connectivity index (χ3n) is 3.03. The molecule has 4 nitrogen and oxygen atoms in total. The van der Waals surface area contributed by atoms with E-state index in [0.717, 1.165) is 23.9 Å². The van der Waals surface area contributed by atoms with Gasteiger partial charge in [-0.2, -0.15) is 5.26 Å². The molecule has 1 aromatic carbocycles. The second kappa shape index (κ2) is 5.98. The topological polar surface area (TPSA) is 64.9 Å². The number of amides is 1. The van der Waals surface area contributed by atoms with E-state index >= 15 is 0 Å². The molecule has 1 heterocycles. The highest BCUT2D eigenvalue weighted by Gasteiger charge is 2.21. The third kappa shape index (κ3) is 3.09. The summed E-state index contributed by atoms with van der Waals surface area (Å²) >= 11 is 3.31. The molecule has 0 bridgehead atoms. The molecular weight excluding hydrogens is 294 g/mol. The SMILES string of the molecule is N#Cc1cc(Br)ccc1NC(=O)[C@@H]1CCCNC1. The van der Waals surface area contributed by atoms with Crippen molar-refractivity contribution < 1.29 is 4.79 Å². The second-order valence-corrected chi connectivity index (χ2v) is 5.25. The molecule has 0 radical (unpaired) electrons. The lowest BCUT2D eigenvalue weighted by Gasteiger charge is -2.22. The average molecular weight is 308 g/mol. The van der Waals surface area contributed by atoms with Crippen LogP contribution in [0.4, 0.5) is 5.69 Å². The Morgan fingerprint density at radius 2 is 2.39 bits per heavy atom. The molecule has 1 fully saturated rings. The monoisotopic (exact) mass is 307 g/mol. The van der Waals surface area contributed by atoms with Gasteiger partial charge in [-0.3, -0.25) is 4.79 Å². The molecule has 1 saturated heterocycles. The summed E-state index contributed by atoms with van der Waals surface area (Å²) in [5.41, 5.74) is 1.05. The Morgan fingerprint density at radius 3 is 3.06 bits per heavy atom. The van der Waals surface area contributed by atoms with Gasteiger partial charge in [0.05, 0.1) is 17.2 Å². The summed E-state index contributed by atoms with van der Waals surface area (Å²) in [6, 6.07) is 7.35. The van der Waals surface area contributed by atoms with Crippen LogP contribution in [0, 0.1) is 17.2 Å². The number of nitriles is 1. The normalized spacial score (nSPS) is 19.0. The quantitative estimate of drug-likeness (QED) is 0.881. The van der Waals surface area contributed by atoms with Crippen molar-refractivity contribution in [2.75, 3.05) is 18.4 Å². The Labute approximate surface area is 115 Å². The van der Waals surface area contributed by atoms with Crippen LogP contribution in [0.1, 0.15) is 18.4 Å². The maximum atomic E-state index is 12.0. The van der Waals surface area contributed by atoms with Gasteiger partial charge in [-0.05, 0) is 37.6 Å². The average Bonchev–Trinajstić information content (AvgIpc) is 2.41. The first-order chi connectivity index (χ1) is 8.70. The van der Waals surface area contributed by atoms with E-state index in [1.807, 2.05) is 6.07 Å². The predicted molar refractivity (Wildman–Crippen MR) is 73.1 cm³/mol. The Kier molecular flexibility index (Phi) is 4.34. The highest BCUT2D eigenvalue weighted by molar-refractivity contribution is 9.10. The number of piperidine rings is 1. The van der Waals surface area contributed by atoms with E-state index in [1.54, 1.807) is 12.1 Å². The van der Waals surface area contributed by atoms with Crippen LogP contribution < -0.4 is 10.6 Å². The van der Waals surface area contributed by atoms with E-state index in [-0.39, 0.29) is 11.8 Å². The minimum Gasteiger partial charge on any atom is -0.325 e. The molecule has 0 unspecified atom stereocenters. The number of nitrogens with one attached hydrogen (secondary N) is 2. The van der Waals surface area contributed by atoms with E-state index in [2.05, 4.69) is 32.6 Å². The van der Waals surface area contributed by atoms with E-state index < -0.39 is 0 Å². The van der Waals surface area contributed by atoms with Gasteiger partial charge >= 0.3 is 0 Å². The van der Waals surface area contributed by atoms with Crippen LogP contribution in [0.3, 0.4) is 0 Å². The van der Waals surface area contributed by atoms with Gasteiger partial charge in [0.1, 0.15) is 6.07 Å². The number of halogens is 1. The van der Waals surface area contributed by atoms with Crippen molar-refractivity contribution in [2.45, 2.75) is 12.8 Å². The molecule has 0 aromatic heterocycles. The van der Waals surface area contributed by atoms with Crippen LogP contribution in [0.2, 0.25) is 0 Å². The van der Waals surface area contributed by atoms with Crippen LogP contribution in [0.15, 0.2) is 22.7 Å². The van der Waals surface area contributed by atoms with Crippen molar-refractivity contribution in [3.05, 3.63) is 28.2 Å². The molecule has 1 aliphatic heterocycles. The van der Waals surface area contributed by atoms with Crippen LogP contribution in [-0.2, 0) is 4.79 Å². The van der Waals surface area contributed by atoms with Crippen LogP contribution in [0.5, 0.6) is 0 Å². The third-order valence-corrected chi connectivity index (χ3v) is 3.52. The number of carbonyl (C=O) groups is 1. The zero-order chi connectivity index (χ0) is 13.0. The fourth-order valence-electron chi connectivity index (χ4n) is 2.03. The van der Waals surface area contributed by atoms with Crippen molar-refractivity contribution in [1.29, 1.82) is 5.26 Å². The molecular formula is C13H14BrN3O. The summed E-state index contributed by atoms with van der Waals surface area (Å²) < 4.78 is 0.830. The molecule has 2 N–H and O–H groups in total. The van der Waals surface area contributed by atoms with Crippen molar-refractivity contribution in [3.8, 4) is 6.07 Å². The zero-order valence-corrected chi connectivity index (χ0v) is 11.5. The number of benzene rings is 1. The minimum absolute atomic E-state index is 0.00561.